The Morgan fingerprint density at radius 3 is 1.76 bits per heavy atom. The normalized spacial score (nSPS) is 14.8. The third kappa shape index (κ3) is 4.75. The Morgan fingerprint density at radius 2 is 1.41 bits per heavy atom. The van der Waals surface area contributed by atoms with Gasteiger partial charge in [0.05, 0.1) is 0 Å². The van der Waals surface area contributed by atoms with Crippen LogP contribution in [-0.4, -0.2) is 0 Å². The molecule has 0 fully saturated rings. The van der Waals surface area contributed by atoms with Crippen LogP contribution >= 0.6 is 12.6 Å². The van der Waals surface area contributed by atoms with Crippen LogP contribution in [0, 0.1) is 5.41 Å². The van der Waals surface area contributed by atoms with Crippen LogP contribution in [-0.2, 0) is 5.41 Å². The van der Waals surface area contributed by atoms with Gasteiger partial charge in [-0.1, -0.05) is 65.8 Å². The van der Waals surface area contributed by atoms with E-state index in [9.17, 15) is 0 Å². The van der Waals surface area contributed by atoms with Crippen molar-refractivity contribution in [3.63, 3.8) is 0 Å². The molecule has 0 bridgehead atoms. The number of hydrogen-bond donors (Lipinski definition) is 1. The lowest BCUT2D eigenvalue weighted by atomic mass is 9.85. The molecule has 0 saturated heterocycles. The summed E-state index contributed by atoms with van der Waals surface area (Å²) in [6.45, 7) is 13.5. The Bertz CT molecular complexity index is 349. The van der Waals surface area contributed by atoms with Crippen molar-refractivity contribution in [2.24, 2.45) is 5.41 Å². The van der Waals surface area contributed by atoms with E-state index in [4.69, 9.17) is 12.6 Å². The van der Waals surface area contributed by atoms with Crippen LogP contribution in [0.15, 0.2) is 24.3 Å². The van der Waals surface area contributed by atoms with Crippen LogP contribution in [0.5, 0.6) is 0 Å². The molecular weight excluding hydrogens is 224 g/mol. The highest BCUT2D eigenvalue weighted by atomic mass is 32.1. The van der Waals surface area contributed by atoms with Gasteiger partial charge in [0.15, 0.2) is 0 Å². The summed E-state index contributed by atoms with van der Waals surface area (Å²) in [5, 5.41) is 0.337. The third-order valence-corrected chi connectivity index (χ3v) is 3.45. The number of hydrogen-bond acceptors (Lipinski definition) is 1. The van der Waals surface area contributed by atoms with Gasteiger partial charge in [0.1, 0.15) is 0 Å². The summed E-state index contributed by atoms with van der Waals surface area (Å²) >= 11 is 4.72. The van der Waals surface area contributed by atoms with E-state index < -0.39 is 0 Å². The smallest absolute Gasteiger partial charge is 0.0272 e. The summed E-state index contributed by atoms with van der Waals surface area (Å²) in [4.78, 5) is 0. The van der Waals surface area contributed by atoms with Gasteiger partial charge in [0.25, 0.3) is 0 Å². The van der Waals surface area contributed by atoms with Crippen LogP contribution in [0.25, 0.3) is 0 Å². The van der Waals surface area contributed by atoms with Crippen molar-refractivity contribution in [3.05, 3.63) is 35.4 Å². The minimum absolute atomic E-state index is 0.231. The van der Waals surface area contributed by atoms with E-state index in [2.05, 4.69) is 65.8 Å². The van der Waals surface area contributed by atoms with E-state index in [1.54, 1.807) is 0 Å². The molecule has 0 aliphatic carbocycles. The van der Waals surface area contributed by atoms with Crippen molar-refractivity contribution in [3.8, 4) is 0 Å². The molecule has 0 N–H and O–H groups in total. The first-order valence-corrected chi connectivity index (χ1v) is 6.90. The molecule has 17 heavy (non-hydrogen) atoms. The second-order valence-corrected chi connectivity index (χ2v) is 7.78. The van der Waals surface area contributed by atoms with Crippen molar-refractivity contribution in [1.29, 1.82) is 0 Å². The maximum Gasteiger partial charge on any atom is 0.0272 e. The van der Waals surface area contributed by atoms with E-state index in [-0.39, 0.29) is 5.41 Å². The van der Waals surface area contributed by atoms with Crippen molar-refractivity contribution in [2.45, 2.75) is 58.6 Å². The minimum Gasteiger partial charge on any atom is -0.171 e. The van der Waals surface area contributed by atoms with Gasteiger partial charge in [-0.15, -0.1) is 0 Å². The molecule has 1 atom stereocenters. The third-order valence-electron chi connectivity index (χ3n) is 2.97. The molecule has 0 aromatic heterocycles. The van der Waals surface area contributed by atoms with Gasteiger partial charge in [-0.25, -0.2) is 0 Å². The summed E-state index contributed by atoms with van der Waals surface area (Å²) in [6.07, 6.45) is 1.10. The lowest BCUT2D eigenvalue weighted by Gasteiger charge is -2.24. The first kappa shape index (κ1) is 14.6. The molecule has 0 unspecified atom stereocenters. The maximum absolute atomic E-state index is 4.72. The molecular formula is C16H26S. The number of benzene rings is 1. The van der Waals surface area contributed by atoms with E-state index in [1.165, 1.54) is 11.1 Å². The largest absolute Gasteiger partial charge is 0.171 e. The topological polar surface area (TPSA) is 0 Å². The molecule has 1 rings (SSSR count). The zero-order valence-corrected chi connectivity index (χ0v) is 12.9. The molecule has 0 aliphatic heterocycles. The zero-order chi connectivity index (χ0) is 13.3. The minimum atomic E-state index is 0.231. The lowest BCUT2D eigenvalue weighted by Crippen LogP contribution is -2.12. The van der Waals surface area contributed by atoms with Crippen molar-refractivity contribution in [2.75, 3.05) is 0 Å². The van der Waals surface area contributed by atoms with Gasteiger partial charge in [-0.3, -0.25) is 0 Å². The summed E-state index contributed by atoms with van der Waals surface area (Å²) < 4.78 is 0. The maximum atomic E-state index is 4.72. The molecule has 1 heteroatoms. The molecule has 0 aliphatic rings. The monoisotopic (exact) mass is 250 g/mol. The van der Waals surface area contributed by atoms with E-state index in [0.29, 0.717) is 10.7 Å². The average molecular weight is 250 g/mol. The lowest BCUT2D eigenvalue weighted by molar-refractivity contribution is 0.375. The number of thiol groups is 1. The van der Waals surface area contributed by atoms with Crippen molar-refractivity contribution < 1.29 is 0 Å². The Kier molecular flexibility index (Phi) is 4.35. The molecule has 0 heterocycles. The summed E-state index contributed by atoms with van der Waals surface area (Å²) in [7, 11) is 0. The molecule has 0 amide bonds. The quantitative estimate of drug-likeness (QED) is 0.668. The first-order valence-electron chi connectivity index (χ1n) is 6.38. The van der Waals surface area contributed by atoms with Crippen LogP contribution < -0.4 is 0 Å². The predicted octanol–water partition coefficient (Wildman–Crippen LogP) is 5.39. The molecule has 0 spiro atoms. The van der Waals surface area contributed by atoms with Crippen LogP contribution in [0.4, 0.5) is 0 Å². The predicted molar refractivity (Wildman–Crippen MR) is 80.9 cm³/mol. The number of rotatable bonds is 2. The molecule has 0 saturated carbocycles. The van der Waals surface area contributed by atoms with E-state index in [0.717, 1.165) is 6.42 Å². The van der Waals surface area contributed by atoms with Gasteiger partial charge in [0, 0.05) is 5.25 Å². The SMILES string of the molecule is CC(C)(C)C[C@H](S)c1ccc(C(C)(C)C)cc1. The van der Waals surface area contributed by atoms with Gasteiger partial charge >= 0.3 is 0 Å². The Balaban J connectivity index is 2.81. The van der Waals surface area contributed by atoms with Crippen LogP contribution in [0.3, 0.4) is 0 Å². The van der Waals surface area contributed by atoms with Gasteiger partial charge < -0.3 is 0 Å². The molecule has 0 nitrogen and oxygen atoms in total. The van der Waals surface area contributed by atoms with Gasteiger partial charge in [-0.2, -0.15) is 12.6 Å². The Labute approximate surface area is 112 Å². The van der Waals surface area contributed by atoms with Crippen molar-refractivity contribution >= 4 is 12.6 Å². The average Bonchev–Trinajstić information content (AvgIpc) is 2.14. The fourth-order valence-corrected chi connectivity index (χ4v) is 2.62. The second kappa shape index (κ2) is 5.06. The Hall–Kier alpha value is -0.430. The first-order chi connectivity index (χ1) is 7.59. The highest BCUT2D eigenvalue weighted by Crippen LogP contribution is 2.34. The highest BCUT2D eigenvalue weighted by molar-refractivity contribution is 7.80. The summed E-state index contributed by atoms with van der Waals surface area (Å²) in [6, 6.07) is 8.93. The summed E-state index contributed by atoms with van der Waals surface area (Å²) in [5.74, 6) is 0. The van der Waals surface area contributed by atoms with E-state index in [1.807, 2.05) is 0 Å². The fourth-order valence-electron chi connectivity index (χ4n) is 1.90. The van der Waals surface area contributed by atoms with Crippen LogP contribution in [0.2, 0.25) is 0 Å². The van der Waals surface area contributed by atoms with E-state index >= 15 is 0 Å². The molecule has 1 aromatic carbocycles. The van der Waals surface area contributed by atoms with Crippen molar-refractivity contribution in [1.82, 2.24) is 0 Å². The Morgan fingerprint density at radius 1 is 0.941 bits per heavy atom. The standard InChI is InChI=1S/C16H26S/c1-15(2,3)11-14(17)12-7-9-13(10-8-12)16(4,5)6/h7-10,14,17H,11H2,1-6H3/t14-/m0/s1. The van der Waals surface area contributed by atoms with Crippen LogP contribution in [0.1, 0.15) is 64.3 Å². The van der Waals surface area contributed by atoms with Gasteiger partial charge in [0.2, 0.25) is 0 Å². The molecule has 0 radical (unpaired) electrons. The zero-order valence-electron chi connectivity index (χ0n) is 12.0. The van der Waals surface area contributed by atoms with Gasteiger partial charge in [-0.05, 0) is 28.4 Å². The fraction of sp³-hybridized carbons (Fsp3) is 0.625. The second-order valence-electron chi connectivity index (χ2n) is 7.15. The highest BCUT2D eigenvalue weighted by Gasteiger charge is 2.18. The molecule has 96 valence electrons. The molecule has 1 aromatic rings. The summed E-state index contributed by atoms with van der Waals surface area (Å²) in [5.41, 5.74) is 3.28.